The van der Waals surface area contributed by atoms with E-state index >= 15 is 0 Å². The number of nitrogen functional groups attached to an aromatic ring is 1. The number of nitrogens with one attached hydrogen (secondary N) is 2. The molecule has 1 aromatic carbocycles. The Bertz CT molecular complexity index is 937. The van der Waals surface area contributed by atoms with Gasteiger partial charge in [-0.3, -0.25) is 20.1 Å². The third kappa shape index (κ3) is 4.96. The van der Waals surface area contributed by atoms with E-state index in [4.69, 9.17) is 22.2 Å². The highest BCUT2D eigenvalue weighted by Gasteiger charge is 2.36. The average molecular weight is 445 g/mol. The number of ether oxygens (including phenoxy) is 1. The molecule has 0 bridgehead atoms. The van der Waals surface area contributed by atoms with Crippen molar-refractivity contribution in [2.24, 2.45) is 5.84 Å². The van der Waals surface area contributed by atoms with Crippen LogP contribution < -0.4 is 16.6 Å². The molecule has 4 N–H and O–H groups in total. The molecule has 3 amide bonds. The summed E-state index contributed by atoms with van der Waals surface area (Å²) in [6.07, 6.45) is 1.43. The van der Waals surface area contributed by atoms with Crippen molar-refractivity contribution in [3.63, 3.8) is 0 Å². The summed E-state index contributed by atoms with van der Waals surface area (Å²) in [6.45, 7) is 3.84. The summed E-state index contributed by atoms with van der Waals surface area (Å²) in [4.78, 5) is 33.0. The van der Waals surface area contributed by atoms with Crippen molar-refractivity contribution < 1.29 is 14.3 Å². The molecular weight excluding hydrogens is 420 g/mol. The molecule has 4 rings (SSSR count). The van der Waals surface area contributed by atoms with Gasteiger partial charge in [0.05, 0.1) is 43.1 Å². The normalized spacial score (nSPS) is 19.5. The van der Waals surface area contributed by atoms with Crippen LogP contribution in [0.15, 0.2) is 42.6 Å². The fourth-order valence-electron chi connectivity index (χ4n) is 3.83. The first-order valence-corrected chi connectivity index (χ1v) is 10.5. The summed E-state index contributed by atoms with van der Waals surface area (Å²) >= 11 is 6.22. The van der Waals surface area contributed by atoms with Crippen LogP contribution >= 0.6 is 11.6 Å². The molecule has 31 heavy (non-hydrogen) atoms. The Morgan fingerprint density at radius 3 is 2.71 bits per heavy atom. The monoisotopic (exact) mass is 444 g/mol. The molecule has 3 heterocycles. The molecule has 2 aliphatic rings. The van der Waals surface area contributed by atoms with Crippen molar-refractivity contribution in [2.75, 3.05) is 32.8 Å². The quantitative estimate of drug-likeness (QED) is 0.364. The smallest absolute Gasteiger partial charge is 0.318 e. The second-order valence-corrected chi connectivity index (χ2v) is 8.06. The van der Waals surface area contributed by atoms with Gasteiger partial charge in [0.15, 0.2) is 0 Å². The van der Waals surface area contributed by atoms with Crippen LogP contribution in [0.5, 0.6) is 0 Å². The number of urea groups is 1. The topological polar surface area (TPSA) is 113 Å². The number of carbonyl (C=O) groups is 2. The van der Waals surface area contributed by atoms with Gasteiger partial charge >= 0.3 is 6.03 Å². The zero-order valence-corrected chi connectivity index (χ0v) is 17.7. The summed E-state index contributed by atoms with van der Waals surface area (Å²) < 4.78 is 5.35. The van der Waals surface area contributed by atoms with Gasteiger partial charge in [-0.1, -0.05) is 23.7 Å². The van der Waals surface area contributed by atoms with Crippen LogP contribution in [0.4, 0.5) is 4.79 Å². The molecule has 2 saturated heterocycles. The van der Waals surface area contributed by atoms with E-state index in [1.54, 1.807) is 12.1 Å². The Labute approximate surface area is 185 Å². The van der Waals surface area contributed by atoms with Crippen molar-refractivity contribution >= 4 is 23.5 Å². The number of aromatic nitrogens is 1. The van der Waals surface area contributed by atoms with Gasteiger partial charge in [-0.2, -0.15) is 0 Å². The van der Waals surface area contributed by atoms with Crippen molar-refractivity contribution in [3.8, 4) is 0 Å². The summed E-state index contributed by atoms with van der Waals surface area (Å²) in [5.41, 5.74) is 4.07. The lowest BCUT2D eigenvalue weighted by atomic mass is 10.0. The molecule has 0 saturated carbocycles. The fourth-order valence-corrected chi connectivity index (χ4v) is 4.03. The molecule has 9 nitrogen and oxygen atoms in total. The number of hydrogen-bond donors (Lipinski definition) is 3. The molecule has 0 spiro atoms. The third-order valence-corrected chi connectivity index (χ3v) is 5.92. The van der Waals surface area contributed by atoms with Crippen molar-refractivity contribution in [2.45, 2.75) is 18.6 Å². The molecule has 1 atom stereocenters. The zero-order chi connectivity index (χ0) is 21.8. The van der Waals surface area contributed by atoms with Crippen LogP contribution in [0, 0.1) is 0 Å². The Morgan fingerprint density at radius 2 is 2.06 bits per heavy atom. The molecule has 1 aromatic heterocycles. The summed E-state index contributed by atoms with van der Waals surface area (Å²) in [5, 5.41) is 3.59. The van der Waals surface area contributed by atoms with E-state index in [9.17, 15) is 9.59 Å². The van der Waals surface area contributed by atoms with E-state index in [-0.39, 0.29) is 18.6 Å². The largest absolute Gasteiger partial charge is 0.378 e. The molecular formula is C21H25ClN6O3. The molecule has 2 aliphatic heterocycles. The highest BCUT2D eigenvalue weighted by atomic mass is 35.5. The van der Waals surface area contributed by atoms with E-state index in [0.29, 0.717) is 28.9 Å². The van der Waals surface area contributed by atoms with Gasteiger partial charge in [0.2, 0.25) is 0 Å². The number of hydrogen-bond acceptors (Lipinski definition) is 6. The maximum Gasteiger partial charge on any atom is 0.318 e. The Morgan fingerprint density at radius 1 is 1.23 bits per heavy atom. The van der Waals surface area contributed by atoms with Gasteiger partial charge in [-0.25, -0.2) is 10.6 Å². The summed E-state index contributed by atoms with van der Waals surface area (Å²) in [7, 11) is 0. The molecule has 0 radical (unpaired) electrons. The number of nitrogens with two attached hydrogens (primary N) is 1. The van der Waals surface area contributed by atoms with Gasteiger partial charge in [-0.15, -0.1) is 0 Å². The van der Waals surface area contributed by atoms with Gasteiger partial charge in [0.1, 0.15) is 0 Å². The number of halogens is 1. The van der Waals surface area contributed by atoms with E-state index < -0.39 is 5.91 Å². The number of pyridine rings is 1. The second kappa shape index (κ2) is 9.61. The highest BCUT2D eigenvalue weighted by molar-refractivity contribution is 6.30. The van der Waals surface area contributed by atoms with E-state index in [1.807, 2.05) is 29.2 Å². The second-order valence-electron chi connectivity index (χ2n) is 7.62. The predicted octanol–water partition coefficient (Wildman–Crippen LogP) is 1.31. The first-order valence-electron chi connectivity index (χ1n) is 10.1. The van der Waals surface area contributed by atoms with Crippen molar-refractivity contribution in [1.29, 1.82) is 0 Å². The lowest BCUT2D eigenvalue weighted by Gasteiger charge is -2.46. The van der Waals surface area contributed by atoms with Gasteiger partial charge in [-0.05, 0) is 29.8 Å². The van der Waals surface area contributed by atoms with E-state index in [2.05, 4.69) is 20.6 Å². The minimum atomic E-state index is -0.415. The van der Waals surface area contributed by atoms with Crippen LogP contribution in [0.25, 0.3) is 0 Å². The number of rotatable bonds is 5. The predicted molar refractivity (Wildman–Crippen MR) is 115 cm³/mol. The van der Waals surface area contributed by atoms with Gasteiger partial charge < -0.3 is 15.0 Å². The Balaban J connectivity index is 1.44. The number of amides is 3. The molecule has 2 aromatic rings. The van der Waals surface area contributed by atoms with Gasteiger partial charge in [0.25, 0.3) is 5.91 Å². The first-order chi connectivity index (χ1) is 15.0. The van der Waals surface area contributed by atoms with Crippen LogP contribution in [0.2, 0.25) is 5.02 Å². The fraction of sp³-hybridized carbons (Fsp3) is 0.381. The number of hydrazine groups is 1. The Kier molecular flexibility index (Phi) is 6.67. The van der Waals surface area contributed by atoms with Crippen LogP contribution in [-0.4, -0.2) is 65.6 Å². The van der Waals surface area contributed by atoms with Crippen LogP contribution in [0.3, 0.4) is 0 Å². The maximum absolute atomic E-state index is 13.1. The van der Waals surface area contributed by atoms with E-state index in [1.165, 1.54) is 6.20 Å². The average Bonchev–Trinajstić information content (AvgIpc) is 2.76. The molecule has 0 aliphatic carbocycles. The van der Waals surface area contributed by atoms with Crippen molar-refractivity contribution in [1.82, 2.24) is 25.5 Å². The number of benzene rings is 1. The first kappa shape index (κ1) is 21.5. The number of piperazine rings is 1. The van der Waals surface area contributed by atoms with Crippen LogP contribution in [-0.2, 0) is 11.3 Å². The van der Waals surface area contributed by atoms with Gasteiger partial charge in [0, 0.05) is 30.9 Å². The van der Waals surface area contributed by atoms with E-state index in [0.717, 1.165) is 31.9 Å². The number of nitrogens with zero attached hydrogens (tertiary/aromatic N) is 3. The molecule has 10 heteroatoms. The maximum atomic E-state index is 13.1. The molecule has 164 valence electrons. The third-order valence-electron chi connectivity index (χ3n) is 5.68. The highest BCUT2D eigenvalue weighted by Crippen LogP contribution is 2.29. The summed E-state index contributed by atoms with van der Waals surface area (Å²) in [6, 6.07) is 11.1. The molecule has 2 fully saturated rings. The SMILES string of the molecule is NNC(=O)c1ccc(CNC(=O)N2CCN(C3COC3)CC2c2cccc(Cl)c2)nc1. The Hall–Kier alpha value is -2.72. The molecule has 1 unspecified atom stereocenters. The lowest BCUT2D eigenvalue weighted by molar-refractivity contribution is -0.0820. The van der Waals surface area contributed by atoms with Crippen molar-refractivity contribution in [3.05, 3.63) is 64.4 Å². The number of carbonyl (C=O) groups excluding carboxylic acids is 2. The van der Waals surface area contributed by atoms with Crippen LogP contribution in [0.1, 0.15) is 27.7 Å². The lowest BCUT2D eigenvalue weighted by Crippen LogP contribution is -2.59. The standard InChI is InChI=1S/C21H25ClN6O3/c22-16-3-1-2-14(8-16)19-11-27(18-12-31-13-18)6-7-28(19)21(30)25-10-17-5-4-15(9-24-17)20(29)26-23/h1-5,8-9,18-19H,6-7,10-13,23H2,(H,25,30)(H,26,29). The zero-order valence-electron chi connectivity index (χ0n) is 17.0. The minimum Gasteiger partial charge on any atom is -0.378 e. The summed E-state index contributed by atoms with van der Waals surface area (Å²) in [5.74, 6) is 4.71. The minimum absolute atomic E-state index is 0.114.